The number of carbonyl (C=O) groups excluding carboxylic acids is 1. The third-order valence-corrected chi connectivity index (χ3v) is 5.31. The van der Waals surface area contributed by atoms with Crippen LogP contribution in [0.4, 0.5) is 0 Å². The van der Waals surface area contributed by atoms with E-state index in [4.69, 9.17) is 4.74 Å². The topological polar surface area (TPSA) is 41.6 Å². The summed E-state index contributed by atoms with van der Waals surface area (Å²) in [6.07, 6.45) is 7.30. The highest BCUT2D eigenvalue weighted by atomic mass is 16.5. The molecule has 24 heavy (non-hydrogen) atoms. The molecule has 1 aromatic carbocycles. The molecule has 4 heteroatoms. The fraction of sp³-hybridized carbons (Fsp3) is 0.650. The molecule has 3 rings (SSSR count). The van der Waals surface area contributed by atoms with E-state index in [1.807, 2.05) is 0 Å². The van der Waals surface area contributed by atoms with Gasteiger partial charge in [0, 0.05) is 13.2 Å². The number of ether oxygens (including phenoxy) is 1. The van der Waals surface area contributed by atoms with Gasteiger partial charge >= 0.3 is 0 Å². The van der Waals surface area contributed by atoms with E-state index in [1.54, 1.807) is 0 Å². The molecule has 1 N–H and O–H groups in total. The molecule has 0 aromatic heterocycles. The lowest BCUT2D eigenvalue weighted by molar-refractivity contribution is -0.123. The van der Waals surface area contributed by atoms with Gasteiger partial charge in [0.15, 0.2) is 0 Å². The van der Waals surface area contributed by atoms with Crippen LogP contribution in [0.25, 0.3) is 0 Å². The maximum Gasteiger partial charge on any atom is 0.234 e. The summed E-state index contributed by atoms with van der Waals surface area (Å²) < 4.78 is 5.54. The van der Waals surface area contributed by atoms with Crippen molar-refractivity contribution < 1.29 is 9.53 Å². The molecule has 2 heterocycles. The van der Waals surface area contributed by atoms with E-state index in [2.05, 4.69) is 40.5 Å². The van der Waals surface area contributed by atoms with Crippen molar-refractivity contribution in [2.24, 2.45) is 5.92 Å². The van der Waals surface area contributed by atoms with Crippen LogP contribution >= 0.6 is 0 Å². The molecule has 1 aromatic rings. The first-order valence-corrected chi connectivity index (χ1v) is 9.44. The van der Waals surface area contributed by atoms with Gasteiger partial charge in [-0.05, 0) is 63.1 Å². The molecule has 1 unspecified atom stereocenters. The Hall–Kier alpha value is -1.39. The largest absolute Gasteiger partial charge is 0.376 e. The second-order valence-corrected chi connectivity index (χ2v) is 7.18. The van der Waals surface area contributed by atoms with Gasteiger partial charge in [-0.15, -0.1) is 0 Å². The van der Waals surface area contributed by atoms with Gasteiger partial charge in [0.05, 0.1) is 12.6 Å². The summed E-state index contributed by atoms with van der Waals surface area (Å²) in [7, 11) is 0. The van der Waals surface area contributed by atoms with E-state index in [0.29, 0.717) is 13.1 Å². The quantitative estimate of drug-likeness (QED) is 0.836. The van der Waals surface area contributed by atoms with Crippen LogP contribution in [0.2, 0.25) is 0 Å². The van der Waals surface area contributed by atoms with E-state index in [1.165, 1.54) is 31.2 Å². The lowest BCUT2D eigenvalue weighted by Crippen LogP contribution is -2.43. The maximum atomic E-state index is 12.1. The van der Waals surface area contributed by atoms with Gasteiger partial charge in [-0.2, -0.15) is 0 Å². The molecule has 0 saturated carbocycles. The maximum absolute atomic E-state index is 12.1. The first-order valence-electron chi connectivity index (χ1n) is 9.44. The minimum absolute atomic E-state index is 0.147. The first-order chi connectivity index (χ1) is 11.8. The predicted molar refractivity (Wildman–Crippen MR) is 95.9 cm³/mol. The van der Waals surface area contributed by atoms with Gasteiger partial charge < -0.3 is 10.1 Å². The fourth-order valence-electron chi connectivity index (χ4n) is 3.74. The summed E-state index contributed by atoms with van der Waals surface area (Å²) in [5.41, 5.74) is 1.44. The SMILES string of the molecule is O=C(CN1CCC(CCc2ccccc2)CC1)NCC1CCCO1. The molecular weight excluding hydrogens is 300 g/mol. The summed E-state index contributed by atoms with van der Waals surface area (Å²) in [5.74, 6) is 0.949. The van der Waals surface area contributed by atoms with Crippen LogP contribution in [0.5, 0.6) is 0 Å². The summed E-state index contributed by atoms with van der Waals surface area (Å²) in [6.45, 7) is 4.15. The zero-order chi connectivity index (χ0) is 16.6. The Morgan fingerprint density at radius 1 is 1.17 bits per heavy atom. The molecule has 1 amide bonds. The molecular formula is C20H30N2O2. The minimum Gasteiger partial charge on any atom is -0.376 e. The van der Waals surface area contributed by atoms with E-state index in [9.17, 15) is 4.79 Å². The molecule has 2 fully saturated rings. The summed E-state index contributed by atoms with van der Waals surface area (Å²) >= 11 is 0. The van der Waals surface area contributed by atoms with E-state index < -0.39 is 0 Å². The number of amides is 1. The number of benzene rings is 1. The highest BCUT2D eigenvalue weighted by molar-refractivity contribution is 5.78. The first kappa shape index (κ1) is 17.4. The molecule has 2 aliphatic rings. The average Bonchev–Trinajstić information content (AvgIpc) is 3.14. The molecule has 0 aliphatic carbocycles. The molecule has 4 nitrogen and oxygen atoms in total. The van der Waals surface area contributed by atoms with Crippen molar-refractivity contribution >= 4 is 5.91 Å². The number of nitrogens with one attached hydrogen (secondary N) is 1. The van der Waals surface area contributed by atoms with Crippen LogP contribution in [0, 0.1) is 5.92 Å². The number of rotatable bonds is 7. The van der Waals surface area contributed by atoms with Crippen molar-refractivity contribution in [3.8, 4) is 0 Å². The number of nitrogens with zero attached hydrogens (tertiary/aromatic N) is 1. The monoisotopic (exact) mass is 330 g/mol. The number of piperidine rings is 1. The molecule has 0 bridgehead atoms. The summed E-state index contributed by atoms with van der Waals surface area (Å²) in [6, 6.07) is 10.7. The third-order valence-electron chi connectivity index (χ3n) is 5.31. The van der Waals surface area contributed by atoms with Gasteiger partial charge in [-0.1, -0.05) is 30.3 Å². The Kier molecular flexibility index (Phi) is 6.67. The van der Waals surface area contributed by atoms with Crippen molar-refractivity contribution in [3.05, 3.63) is 35.9 Å². The second-order valence-electron chi connectivity index (χ2n) is 7.18. The van der Waals surface area contributed by atoms with Crippen LogP contribution in [0.15, 0.2) is 30.3 Å². The normalized spacial score (nSPS) is 22.6. The van der Waals surface area contributed by atoms with Crippen molar-refractivity contribution in [1.82, 2.24) is 10.2 Å². The lowest BCUT2D eigenvalue weighted by atomic mass is 9.90. The summed E-state index contributed by atoms with van der Waals surface area (Å²) in [5, 5.41) is 3.02. The molecule has 2 aliphatic heterocycles. The van der Waals surface area contributed by atoms with Crippen molar-refractivity contribution in [2.45, 2.75) is 44.6 Å². The average molecular weight is 330 g/mol. The Labute approximate surface area is 145 Å². The molecule has 1 atom stereocenters. The standard InChI is InChI=1S/C20H30N2O2/c23-20(21-15-19-7-4-14-24-19)16-22-12-10-18(11-13-22)9-8-17-5-2-1-3-6-17/h1-3,5-6,18-19H,4,7-16H2,(H,21,23). The Balaban J connectivity index is 1.29. The predicted octanol–water partition coefficient (Wildman–Crippen LogP) is 2.63. The molecule has 0 spiro atoms. The van der Waals surface area contributed by atoms with Crippen molar-refractivity contribution in [1.29, 1.82) is 0 Å². The van der Waals surface area contributed by atoms with Crippen LogP contribution < -0.4 is 5.32 Å². The highest BCUT2D eigenvalue weighted by Gasteiger charge is 2.21. The van der Waals surface area contributed by atoms with E-state index >= 15 is 0 Å². The molecule has 2 saturated heterocycles. The van der Waals surface area contributed by atoms with Gasteiger partial charge in [0.1, 0.15) is 0 Å². The zero-order valence-electron chi connectivity index (χ0n) is 14.6. The van der Waals surface area contributed by atoms with Gasteiger partial charge in [0.25, 0.3) is 0 Å². The van der Waals surface area contributed by atoms with Crippen LogP contribution in [0.1, 0.15) is 37.7 Å². The number of hydrogen-bond donors (Lipinski definition) is 1. The van der Waals surface area contributed by atoms with Crippen LogP contribution in [0.3, 0.4) is 0 Å². The van der Waals surface area contributed by atoms with Crippen molar-refractivity contribution in [3.63, 3.8) is 0 Å². The minimum atomic E-state index is 0.147. The molecule has 132 valence electrons. The smallest absolute Gasteiger partial charge is 0.234 e. The van der Waals surface area contributed by atoms with Gasteiger partial charge in [-0.3, -0.25) is 9.69 Å². The summed E-state index contributed by atoms with van der Waals surface area (Å²) in [4.78, 5) is 14.3. The van der Waals surface area contributed by atoms with Crippen molar-refractivity contribution in [2.75, 3.05) is 32.8 Å². The Bertz CT molecular complexity index is 492. The highest BCUT2D eigenvalue weighted by Crippen LogP contribution is 2.22. The van der Waals surface area contributed by atoms with E-state index in [-0.39, 0.29) is 12.0 Å². The third kappa shape index (κ3) is 5.60. The number of likely N-dealkylation sites (tertiary alicyclic amines) is 1. The molecule has 0 radical (unpaired) electrons. The number of aryl methyl sites for hydroxylation is 1. The zero-order valence-corrected chi connectivity index (χ0v) is 14.6. The number of hydrogen-bond acceptors (Lipinski definition) is 3. The van der Waals surface area contributed by atoms with Crippen LogP contribution in [-0.4, -0.2) is 49.7 Å². The Morgan fingerprint density at radius 3 is 2.67 bits per heavy atom. The van der Waals surface area contributed by atoms with Gasteiger partial charge in [0.2, 0.25) is 5.91 Å². The number of carbonyl (C=O) groups is 1. The Morgan fingerprint density at radius 2 is 1.96 bits per heavy atom. The second kappa shape index (κ2) is 9.19. The van der Waals surface area contributed by atoms with Gasteiger partial charge in [-0.25, -0.2) is 0 Å². The van der Waals surface area contributed by atoms with Crippen LogP contribution in [-0.2, 0) is 16.0 Å². The lowest BCUT2D eigenvalue weighted by Gasteiger charge is -2.31. The fourth-order valence-corrected chi connectivity index (χ4v) is 3.74. The van der Waals surface area contributed by atoms with E-state index in [0.717, 1.165) is 38.5 Å².